The number of carbonyl (C=O) groups is 2. The molecule has 3 nitrogen and oxygen atoms in total. The number of rotatable bonds is 3. The second-order valence-electron chi connectivity index (χ2n) is 2.42. The largest absolute Gasteiger partial charge is 0.463 e. The van der Waals surface area contributed by atoms with Gasteiger partial charge < -0.3 is 4.74 Å². The molecule has 0 radical (unpaired) electrons. The molecule has 0 saturated heterocycles. The van der Waals surface area contributed by atoms with E-state index in [4.69, 9.17) is 4.74 Å². The summed E-state index contributed by atoms with van der Waals surface area (Å²) in [7, 11) is 0. The summed E-state index contributed by atoms with van der Waals surface area (Å²) in [5.41, 5.74) is 0. The molecule has 0 heterocycles. The Labute approximate surface area is 81.4 Å². The van der Waals surface area contributed by atoms with E-state index in [0.29, 0.717) is 0 Å². The summed E-state index contributed by atoms with van der Waals surface area (Å²) >= 11 is 0. The smallest absolute Gasteiger partial charge is 0.313 e. The Hall–Kier alpha value is -0.146. The van der Waals surface area contributed by atoms with Crippen molar-refractivity contribution in [3.8, 4) is 0 Å². The van der Waals surface area contributed by atoms with Crippen molar-refractivity contribution >= 4 is 11.8 Å². The van der Waals surface area contributed by atoms with Crippen molar-refractivity contribution < 1.29 is 36.0 Å². The first-order valence-corrected chi connectivity index (χ1v) is 3.21. The van der Waals surface area contributed by atoms with Crippen molar-refractivity contribution in [1.29, 1.82) is 0 Å². The van der Waals surface area contributed by atoms with Crippen LogP contribution in [-0.4, -0.2) is 17.9 Å². The molecule has 0 N–H and O–H groups in total. The Kier molecular flexibility index (Phi) is 8.01. The van der Waals surface area contributed by atoms with Crippen molar-refractivity contribution in [3.63, 3.8) is 0 Å². The van der Waals surface area contributed by atoms with Gasteiger partial charge in [-0.3, -0.25) is 9.59 Å². The Balaban J connectivity index is 0. The molecule has 0 amide bonds. The number of carbonyl (C=O) groups excluding carboxylic acids is 2. The predicted molar refractivity (Wildman–Crippen MR) is 36.5 cm³/mol. The van der Waals surface area contributed by atoms with Gasteiger partial charge >= 0.3 is 5.97 Å². The van der Waals surface area contributed by atoms with Crippen LogP contribution in [0, 0.1) is 0 Å². The zero-order valence-electron chi connectivity index (χ0n) is 7.01. The fourth-order valence-electron chi connectivity index (χ4n) is 0.508. The third kappa shape index (κ3) is 9.85. The number of ether oxygens (including phenoxy) is 1. The van der Waals surface area contributed by atoms with E-state index in [1.807, 2.05) is 0 Å². The molecule has 0 fully saturated rings. The standard InChI is InChI=1S/C7H12O3.Ti/c1-5(2)10-7(9)4-6(3)8;/h5H,4H2,1-3H3;. The van der Waals surface area contributed by atoms with Gasteiger partial charge in [0.05, 0.1) is 6.10 Å². The van der Waals surface area contributed by atoms with Crippen LogP contribution >= 0.6 is 0 Å². The van der Waals surface area contributed by atoms with Gasteiger partial charge in [0, 0.05) is 21.7 Å². The molecule has 4 heteroatoms. The van der Waals surface area contributed by atoms with Crippen molar-refractivity contribution in [2.75, 3.05) is 0 Å². The number of hydrogen-bond donors (Lipinski definition) is 0. The van der Waals surface area contributed by atoms with Crippen LogP contribution in [0.1, 0.15) is 27.2 Å². The molecule has 0 bridgehead atoms. The fourth-order valence-corrected chi connectivity index (χ4v) is 0.508. The maximum atomic E-state index is 10.6. The SMILES string of the molecule is CC(=O)CC(=O)OC(C)C.[Ti]. The summed E-state index contributed by atoms with van der Waals surface area (Å²) in [5, 5.41) is 0. The van der Waals surface area contributed by atoms with Gasteiger partial charge in [0.2, 0.25) is 0 Å². The zero-order chi connectivity index (χ0) is 8.15. The van der Waals surface area contributed by atoms with Crippen molar-refractivity contribution in [2.45, 2.75) is 33.3 Å². The Morgan fingerprint density at radius 3 is 2.09 bits per heavy atom. The van der Waals surface area contributed by atoms with Crippen LogP contribution in [0.25, 0.3) is 0 Å². The molecule has 0 aromatic rings. The molecule has 0 aliphatic rings. The minimum absolute atomic E-state index is 0. The summed E-state index contributed by atoms with van der Waals surface area (Å²) in [6, 6.07) is 0. The van der Waals surface area contributed by atoms with Crippen LogP contribution in [-0.2, 0) is 36.0 Å². The molecule has 0 atom stereocenters. The van der Waals surface area contributed by atoms with Crippen LogP contribution < -0.4 is 0 Å². The van der Waals surface area contributed by atoms with Crippen LogP contribution in [0.4, 0.5) is 0 Å². The molecule has 62 valence electrons. The molecule has 0 spiro atoms. The van der Waals surface area contributed by atoms with Gasteiger partial charge in [-0.15, -0.1) is 0 Å². The molecule has 0 saturated carbocycles. The van der Waals surface area contributed by atoms with E-state index in [0.717, 1.165) is 0 Å². The fraction of sp³-hybridized carbons (Fsp3) is 0.714. The van der Waals surface area contributed by atoms with Gasteiger partial charge in [-0.1, -0.05) is 0 Å². The zero-order valence-corrected chi connectivity index (χ0v) is 8.57. The Morgan fingerprint density at radius 1 is 1.36 bits per heavy atom. The second-order valence-corrected chi connectivity index (χ2v) is 2.42. The molecule has 0 aromatic carbocycles. The third-order valence-electron chi connectivity index (χ3n) is 0.760. The molecule has 0 aliphatic heterocycles. The van der Waals surface area contributed by atoms with Crippen molar-refractivity contribution in [1.82, 2.24) is 0 Å². The Bertz CT molecular complexity index is 143. The number of esters is 1. The van der Waals surface area contributed by atoms with Gasteiger partial charge in [0.1, 0.15) is 12.2 Å². The average molecular weight is 192 g/mol. The number of hydrogen-bond acceptors (Lipinski definition) is 3. The van der Waals surface area contributed by atoms with Crippen LogP contribution in [0.3, 0.4) is 0 Å². The van der Waals surface area contributed by atoms with Gasteiger partial charge in [-0.2, -0.15) is 0 Å². The molecular weight excluding hydrogens is 180 g/mol. The van der Waals surface area contributed by atoms with E-state index in [1.54, 1.807) is 13.8 Å². The molecule has 0 unspecified atom stereocenters. The normalized spacial score (nSPS) is 8.73. The molecule has 11 heavy (non-hydrogen) atoms. The quantitative estimate of drug-likeness (QED) is 0.379. The van der Waals surface area contributed by atoms with E-state index >= 15 is 0 Å². The third-order valence-corrected chi connectivity index (χ3v) is 0.760. The van der Waals surface area contributed by atoms with Crippen molar-refractivity contribution in [2.24, 2.45) is 0 Å². The number of ketones is 1. The topological polar surface area (TPSA) is 43.4 Å². The van der Waals surface area contributed by atoms with Crippen LogP contribution in [0.2, 0.25) is 0 Å². The van der Waals surface area contributed by atoms with Gasteiger partial charge in [0.15, 0.2) is 0 Å². The van der Waals surface area contributed by atoms with E-state index in [2.05, 4.69) is 0 Å². The summed E-state index contributed by atoms with van der Waals surface area (Å²) in [6.45, 7) is 4.86. The van der Waals surface area contributed by atoms with Gasteiger partial charge in [-0.25, -0.2) is 0 Å². The van der Waals surface area contributed by atoms with Crippen LogP contribution in [0.5, 0.6) is 0 Å². The maximum Gasteiger partial charge on any atom is 0.313 e. The summed E-state index contributed by atoms with van der Waals surface area (Å²) in [5.74, 6) is -0.604. The Morgan fingerprint density at radius 2 is 1.82 bits per heavy atom. The molecular formula is C7H12O3Ti. The maximum absolute atomic E-state index is 10.6. The van der Waals surface area contributed by atoms with E-state index in [1.165, 1.54) is 6.92 Å². The van der Waals surface area contributed by atoms with Gasteiger partial charge in [-0.05, 0) is 20.8 Å². The minimum atomic E-state index is -0.442. The first kappa shape index (κ1) is 13.4. The minimum Gasteiger partial charge on any atom is -0.463 e. The first-order chi connectivity index (χ1) is 4.52. The summed E-state index contributed by atoms with van der Waals surface area (Å²) in [4.78, 5) is 21.0. The average Bonchev–Trinajstić information content (AvgIpc) is 1.58. The molecule has 0 rings (SSSR count). The summed E-state index contributed by atoms with van der Waals surface area (Å²) in [6.07, 6.45) is -0.245. The van der Waals surface area contributed by atoms with Gasteiger partial charge in [0.25, 0.3) is 0 Å². The van der Waals surface area contributed by atoms with E-state index in [-0.39, 0.29) is 40.0 Å². The number of Topliss-reactive ketones (excluding diaryl/α,β-unsaturated/α-hetero) is 1. The molecule has 0 aromatic heterocycles. The van der Waals surface area contributed by atoms with Crippen molar-refractivity contribution in [3.05, 3.63) is 0 Å². The summed E-state index contributed by atoms with van der Waals surface area (Å²) < 4.78 is 4.70. The first-order valence-electron chi connectivity index (χ1n) is 3.21. The predicted octanol–water partition coefficient (Wildman–Crippen LogP) is 0.915. The van der Waals surface area contributed by atoms with E-state index < -0.39 is 5.97 Å². The monoisotopic (exact) mass is 192 g/mol. The second kappa shape index (κ2) is 6.56. The van der Waals surface area contributed by atoms with E-state index in [9.17, 15) is 9.59 Å². The molecule has 0 aliphatic carbocycles. The van der Waals surface area contributed by atoms with Crippen LogP contribution in [0.15, 0.2) is 0 Å².